The lowest BCUT2D eigenvalue weighted by Crippen LogP contribution is -2.54. The fourth-order valence-corrected chi connectivity index (χ4v) is 1.65. The molecule has 0 aromatic heterocycles. The average Bonchev–Trinajstić information content (AvgIpc) is 2.04. The van der Waals surface area contributed by atoms with E-state index in [1.54, 1.807) is 0 Å². The predicted molar refractivity (Wildman–Crippen MR) is 46.5 cm³/mol. The highest BCUT2D eigenvalue weighted by Crippen LogP contribution is 2.22. The van der Waals surface area contributed by atoms with E-state index in [1.807, 2.05) is 0 Å². The lowest BCUT2D eigenvalue weighted by molar-refractivity contribution is -0.112. The Morgan fingerprint density at radius 1 is 1.45 bits per heavy atom. The maximum atomic E-state index is 5.72. The van der Waals surface area contributed by atoms with Crippen LogP contribution in [-0.2, 0) is 4.74 Å². The van der Waals surface area contributed by atoms with E-state index in [4.69, 9.17) is 4.74 Å². The third-order valence-electron chi connectivity index (χ3n) is 2.58. The molecule has 0 saturated carbocycles. The molecular formula is C9H19NO. The van der Waals surface area contributed by atoms with Gasteiger partial charge in [-0.2, -0.15) is 0 Å². The van der Waals surface area contributed by atoms with Crippen molar-refractivity contribution in [1.82, 2.24) is 5.32 Å². The predicted octanol–water partition coefficient (Wildman–Crippen LogP) is 1.90. The summed E-state index contributed by atoms with van der Waals surface area (Å²) < 4.78 is 5.72. The molecule has 1 rings (SSSR count). The lowest BCUT2D eigenvalue weighted by atomic mass is 10.0. The fourth-order valence-electron chi connectivity index (χ4n) is 1.65. The Kier molecular flexibility index (Phi) is 2.90. The second kappa shape index (κ2) is 3.55. The Labute approximate surface area is 69.3 Å². The minimum atomic E-state index is -0.0162. The van der Waals surface area contributed by atoms with E-state index in [0.29, 0.717) is 6.04 Å². The first-order valence-corrected chi connectivity index (χ1v) is 4.64. The molecule has 1 aliphatic rings. The van der Waals surface area contributed by atoms with Crippen molar-refractivity contribution in [1.29, 1.82) is 0 Å². The van der Waals surface area contributed by atoms with Crippen LogP contribution in [0.4, 0.5) is 0 Å². The van der Waals surface area contributed by atoms with Gasteiger partial charge in [-0.3, -0.25) is 5.32 Å². The van der Waals surface area contributed by atoms with E-state index in [1.165, 1.54) is 0 Å². The van der Waals surface area contributed by atoms with Gasteiger partial charge in [0.15, 0.2) is 0 Å². The largest absolute Gasteiger partial charge is 0.361 e. The van der Waals surface area contributed by atoms with Gasteiger partial charge < -0.3 is 4.74 Å². The Balaban J connectivity index is 2.52. The van der Waals surface area contributed by atoms with Gasteiger partial charge in [-0.15, -0.1) is 0 Å². The van der Waals surface area contributed by atoms with E-state index >= 15 is 0 Å². The van der Waals surface area contributed by atoms with E-state index in [-0.39, 0.29) is 5.72 Å². The Bertz CT molecular complexity index is 121. The average molecular weight is 157 g/mol. The van der Waals surface area contributed by atoms with Crippen LogP contribution in [0.25, 0.3) is 0 Å². The van der Waals surface area contributed by atoms with Gasteiger partial charge in [0.1, 0.15) is 5.72 Å². The molecule has 1 unspecified atom stereocenters. The molecule has 11 heavy (non-hydrogen) atoms. The van der Waals surface area contributed by atoms with E-state index < -0.39 is 0 Å². The molecule has 1 heterocycles. The van der Waals surface area contributed by atoms with Crippen LogP contribution in [0.5, 0.6) is 0 Å². The zero-order chi connectivity index (χ0) is 8.32. The summed E-state index contributed by atoms with van der Waals surface area (Å²) in [6.07, 6.45) is 3.27. The summed E-state index contributed by atoms with van der Waals surface area (Å²) in [5.41, 5.74) is -0.0162. The summed E-state index contributed by atoms with van der Waals surface area (Å²) in [4.78, 5) is 0. The van der Waals surface area contributed by atoms with Gasteiger partial charge in [0.2, 0.25) is 0 Å². The van der Waals surface area contributed by atoms with Gasteiger partial charge in [0.25, 0.3) is 0 Å². The fraction of sp³-hybridized carbons (Fsp3) is 1.00. The van der Waals surface area contributed by atoms with E-state index in [9.17, 15) is 0 Å². The second-order valence-corrected chi connectivity index (χ2v) is 3.38. The molecule has 0 aromatic rings. The Hall–Kier alpha value is -0.0800. The second-order valence-electron chi connectivity index (χ2n) is 3.38. The monoisotopic (exact) mass is 157 g/mol. The first-order valence-electron chi connectivity index (χ1n) is 4.64. The van der Waals surface area contributed by atoms with Gasteiger partial charge >= 0.3 is 0 Å². The summed E-state index contributed by atoms with van der Waals surface area (Å²) in [6, 6.07) is 0.614. The van der Waals surface area contributed by atoms with Crippen molar-refractivity contribution in [3.63, 3.8) is 0 Å². The summed E-state index contributed by atoms with van der Waals surface area (Å²) in [5, 5.41) is 3.51. The van der Waals surface area contributed by atoms with Crippen LogP contribution in [0.15, 0.2) is 0 Å². The molecule has 2 heteroatoms. The highest BCUT2D eigenvalue weighted by Gasteiger charge is 2.31. The highest BCUT2D eigenvalue weighted by molar-refractivity contribution is 4.82. The Morgan fingerprint density at radius 2 is 2.09 bits per heavy atom. The van der Waals surface area contributed by atoms with Crippen LogP contribution in [0.3, 0.4) is 0 Å². The lowest BCUT2D eigenvalue weighted by Gasteiger charge is -2.40. The standard InChI is InChI=1S/C9H19NO/c1-4-9(5-2)10-8(3)6-7-11-9/h8,10H,4-7H2,1-3H3. The first-order chi connectivity index (χ1) is 5.22. The van der Waals surface area contributed by atoms with Gasteiger partial charge in [-0.25, -0.2) is 0 Å². The summed E-state index contributed by atoms with van der Waals surface area (Å²) in [6.45, 7) is 7.49. The summed E-state index contributed by atoms with van der Waals surface area (Å²) in [5.74, 6) is 0. The van der Waals surface area contributed by atoms with Crippen molar-refractivity contribution in [3.8, 4) is 0 Å². The van der Waals surface area contributed by atoms with Crippen LogP contribution in [0, 0.1) is 0 Å². The quantitative estimate of drug-likeness (QED) is 0.661. The maximum absolute atomic E-state index is 5.72. The molecule has 2 nitrogen and oxygen atoms in total. The molecule has 0 aromatic carbocycles. The van der Waals surface area contributed by atoms with Crippen molar-refractivity contribution in [3.05, 3.63) is 0 Å². The van der Waals surface area contributed by atoms with E-state index in [2.05, 4.69) is 26.1 Å². The molecule has 1 saturated heterocycles. The van der Waals surface area contributed by atoms with Gasteiger partial charge in [-0.05, 0) is 26.2 Å². The molecule has 66 valence electrons. The van der Waals surface area contributed by atoms with Crippen LogP contribution < -0.4 is 5.32 Å². The summed E-state index contributed by atoms with van der Waals surface area (Å²) in [7, 11) is 0. The molecule has 0 amide bonds. The van der Waals surface area contributed by atoms with Crippen LogP contribution in [0.2, 0.25) is 0 Å². The zero-order valence-electron chi connectivity index (χ0n) is 7.81. The molecule has 1 aliphatic heterocycles. The van der Waals surface area contributed by atoms with Crippen molar-refractivity contribution in [2.45, 2.75) is 51.8 Å². The Morgan fingerprint density at radius 3 is 2.45 bits per heavy atom. The molecule has 1 atom stereocenters. The minimum Gasteiger partial charge on any atom is -0.361 e. The molecular weight excluding hydrogens is 138 g/mol. The third-order valence-corrected chi connectivity index (χ3v) is 2.58. The SMILES string of the molecule is CCC1(CC)NC(C)CCO1. The molecule has 0 bridgehead atoms. The molecule has 0 aliphatic carbocycles. The molecule has 0 radical (unpaired) electrons. The number of hydrogen-bond donors (Lipinski definition) is 1. The summed E-state index contributed by atoms with van der Waals surface area (Å²) >= 11 is 0. The number of rotatable bonds is 2. The van der Waals surface area contributed by atoms with Crippen LogP contribution >= 0.6 is 0 Å². The van der Waals surface area contributed by atoms with Crippen LogP contribution in [0.1, 0.15) is 40.0 Å². The van der Waals surface area contributed by atoms with E-state index in [0.717, 1.165) is 25.9 Å². The molecule has 0 spiro atoms. The minimum absolute atomic E-state index is 0.0162. The van der Waals surface area contributed by atoms with Crippen LogP contribution in [-0.4, -0.2) is 18.4 Å². The van der Waals surface area contributed by atoms with Gasteiger partial charge in [-0.1, -0.05) is 13.8 Å². The number of ether oxygens (including phenoxy) is 1. The maximum Gasteiger partial charge on any atom is 0.118 e. The number of hydrogen-bond acceptors (Lipinski definition) is 2. The smallest absolute Gasteiger partial charge is 0.118 e. The first kappa shape index (κ1) is 9.01. The van der Waals surface area contributed by atoms with Crippen molar-refractivity contribution in [2.24, 2.45) is 0 Å². The van der Waals surface area contributed by atoms with Crippen molar-refractivity contribution < 1.29 is 4.74 Å². The molecule has 1 fully saturated rings. The number of nitrogens with one attached hydrogen (secondary N) is 1. The highest BCUT2D eigenvalue weighted by atomic mass is 16.5. The van der Waals surface area contributed by atoms with Gasteiger partial charge in [0, 0.05) is 6.04 Å². The molecule has 1 N–H and O–H groups in total. The van der Waals surface area contributed by atoms with Crippen molar-refractivity contribution in [2.75, 3.05) is 6.61 Å². The van der Waals surface area contributed by atoms with Crippen molar-refractivity contribution >= 4 is 0 Å². The zero-order valence-corrected chi connectivity index (χ0v) is 7.81. The normalized spacial score (nSPS) is 30.3. The van der Waals surface area contributed by atoms with Gasteiger partial charge in [0.05, 0.1) is 6.61 Å². The topological polar surface area (TPSA) is 21.3 Å². The third kappa shape index (κ3) is 1.94.